The Bertz CT molecular complexity index is 417. The van der Waals surface area contributed by atoms with Crippen molar-refractivity contribution in [3.05, 3.63) is 12.2 Å². The zero-order valence-electron chi connectivity index (χ0n) is 13.2. The van der Waals surface area contributed by atoms with Gasteiger partial charge in [0.15, 0.2) is 0 Å². The van der Waals surface area contributed by atoms with Gasteiger partial charge in [-0.3, -0.25) is 0 Å². The highest BCUT2D eigenvalue weighted by molar-refractivity contribution is 5.09. The maximum atomic E-state index is 6.41. The first-order chi connectivity index (χ1) is 10.3. The van der Waals surface area contributed by atoms with Crippen LogP contribution in [0.5, 0.6) is 0 Å². The molecule has 2 heteroatoms. The molecule has 116 valence electrons. The van der Waals surface area contributed by atoms with Crippen molar-refractivity contribution in [2.45, 2.75) is 76.6 Å². The van der Waals surface area contributed by atoms with E-state index in [1.165, 1.54) is 25.7 Å². The number of hydrogen-bond acceptors (Lipinski definition) is 2. The topological polar surface area (TPSA) is 18.5 Å². The molecule has 0 aromatic carbocycles. The van der Waals surface area contributed by atoms with E-state index in [0.29, 0.717) is 30.1 Å². The zero-order valence-corrected chi connectivity index (χ0v) is 13.2. The first-order valence-corrected chi connectivity index (χ1v) is 8.73. The maximum Gasteiger partial charge on any atom is 0.0737 e. The predicted octanol–water partition coefficient (Wildman–Crippen LogP) is 4.10. The lowest BCUT2D eigenvalue weighted by molar-refractivity contribution is -0.0928. The molecule has 0 aromatic heterocycles. The third-order valence-corrected chi connectivity index (χ3v) is 5.21. The van der Waals surface area contributed by atoms with Gasteiger partial charge in [0.1, 0.15) is 0 Å². The van der Waals surface area contributed by atoms with Crippen molar-refractivity contribution in [3.63, 3.8) is 0 Å². The number of ether oxygens (including phenoxy) is 2. The summed E-state index contributed by atoms with van der Waals surface area (Å²) < 4.78 is 12.4. The number of rotatable bonds is 3. The molecule has 0 bridgehead atoms. The summed E-state index contributed by atoms with van der Waals surface area (Å²) in [5.41, 5.74) is 0. The van der Waals surface area contributed by atoms with Gasteiger partial charge in [0.25, 0.3) is 0 Å². The van der Waals surface area contributed by atoms with Crippen LogP contribution < -0.4 is 0 Å². The lowest BCUT2D eigenvalue weighted by atomic mass is 9.84. The van der Waals surface area contributed by atoms with Crippen LogP contribution in [0.1, 0.15) is 58.3 Å². The summed E-state index contributed by atoms with van der Waals surface area (Å²) in [5.74, 6) is 7.77. The van der Waals surface area contributed by atoms with Crippen molar-refractivity contribution in [1.29, 1.82) is 0 Å². The summed E-state index contributed by atoms with van der Waals surface area (Å²) in [5, 5.41) is 0. The van der Waals surface area contributed by atoms with Gasteiger partial charge in [-0.05, 0) is 51.4 Å². The summed E-state index contributed by atoms with van der Waals surface area (Å²) in [7, 11) is 0. The molecule has 1 fully saturated rings. The smallest absolute Gasteiger partial charge is 0.0737 e. The normalized spacial score (nSPS) is 37.6. The van der Waals surface area contributed by atoms with Crippen LogP contribution in [-0.4, -0.2) is 24.9 Å². The monoisotopic (exact) mass is 288 g/mol. The summed E-state index contributed by atoms with van der Waals surface area (Å²) in [6, 6.07) is 0. The van der Waals surface area contributed by atoms with Crippen molar-refractivity contribution in [2.24, 2.45) is 11.8 Å². The van der Waals surface area contributed by atoms with Gasteiger partial charge in [-0.15, -0.1) is 5.92 Å². The number of hydrogen-bond donors (Lipinski definition) is 0. The molecule has 2 nitrogen and oxygen atoms in total. The molecule has 5 atom stereocenters. The molecule has 1 saturated carbocycles. The molecule has 21 heavy (non-hydrogen) atoms. The Labute approximate surface area is 129 Å². The third-order valence-electron chi connectivity index (χ3n) is 5.21. The van der Waals surface area contributed by atoms with E-state index in [-0.39, 0.29) is 0 Å². The SMILES string of the molecule is C[C@@H](O[C@H]1CCC2C#CCCOC2C1)C1CC=CCCC1. The molecule has 2 aliphatic carbocycles. The highest BCUT2D eigenvalue weighted by atomic mass is 16.5. The van der Waals surface area contributed by atoms with Crippen molar-refractivity contribution in [2.75, 3.05) is 6.61 Å². The molecular weight excluding hydrogens is 260 g/mol. The van der Waals surface area contributed by atoms with Crippen LogP contribution in [0.3, 0.4) is 0 Å². The van der Waals surface area contributed by atoms with Crippen LogP contribution in [0.4, 0.5) is 0 Å². The van der Waals surface area contributed by atoms with Crippen LogP contribution in [0.2, 0.25) is 0 Å². The standard InChI is InChI=1S/C19H28O2/c1-15(16-8-4-2-3-5-9-16)21-18-12-11-17-10-6-7-13-20-19(17)14-18/h2,4,15-19H,3,5,7-9,11-14H2,1H3/t15-,16?,17?,18+,19?/m1/s1. The van der Waals surface area contributed by atoms with Gasteiger partial charge in [-0.25, -0.2) is 0 Å². The molecule has 1 aliphatic heterocycles. The Morgan fingerprint density at radius 2 is 2.19 bits per heavy atom. The van der Waals surface area contributed by atoms with Gasteiger partial charge < -0.3 is 9.47 Å². The Kier molecular flexibility index (Phi) is 5.38. The van der Waals surface area contributed by atoms with E-state index >= 15 is 0 Å². The third kappa shape index (κ3) is 4.11. The largest absolute Gasteiger partial charge is 0.376 e. The van der Waals surface area contributed by atoms with Crippen molar-refractivity contribution in [3.8, 4) is 11.8 Å². The minimum atomic E-state index is 0.306. The molecule has 3 unspecified atom stereocenters. The highest BCUT2D eigenvalue weighted by Crippen LogP contribution is 2.32. The average molecular weight is 288 g/mol. The van der Waals surface area contributed by atoms with Crippen LogP contribution >= 0.6 is 0 Å². The van der Waals surface area contributed by atoms with Crippen LogP contribution in [0.25, 0.3) is 0 Å². The van der Waals surface area contributed by atoms with Crippen molar-refractivity contribution < 1.29 is 9.47 Å². The molecule has 0 radical (unpaired) electrons. The quantitative estimate of drug-likeness (QED) is 0.575. The van der Waals surface area contributed by atoms with Gasteiger partial charge in [-0.2, -0.15) is 0 Å². The highest BCUT2D eigenvalue weighted by Gasteiger charge is 2.33. The van der Waals surface area contributed by atoms with Gasteiger partial charge in [0.2, 0.25) is 0 Å². The second-order valence-corrected chi connectivity index (χ2v) is 6.76. The van der Waals surface area contributed by atoms with E-state index in [9.17, 15) is 0 Å². The second-order valence-electron chi connectivity index (χ2n) is 6.76. The number of fused-ring (bicyclic) bond motifs is 1. The molecule has 0 saturated heterocycles. The summed E-state index contributed by atoms with van der Waals surface area (Å²) in [6.45, 7) is 3.06. The second kappa shape index (κ2) is 7.47. The van der Waals surface area contributed by atoms with Gasteiger partial charge in [-0.1, -0.05) is 18.1 Å². The molecule has 0 aromatic rings. The minimum absolute atomic E-state index is 0.306. The summed E-state index contributed by atoms with van der Waals surface area (Å²) in [6.07, 6.45) is 15.0. The molecule has 0 amide bonds. The molecule has 0 spiro atoms. The first-order valence-electron chi connectivity index (χ1n) is 8.73. The Morgan fingerprint density at radius 1 is 1.24 bits per heavy atom. The van der Waals surface area contributed by atoms with E-state index in [0.717, 1.165) is 32.3 Å². The van der Waals surface area contributed by atoms with Crippen LogP contribution in [0, 0.1) is 23.7 Å². The fraction of sp³-hybridized carbons (Fsp3) is 0.789. The molecule has 0 N–H and O–H groups in total. The Balaban J connectivity index is 1.51. The van der Waals surface area contributed by atoms with Crippen molar-refractivity contribution >= 4 is 0 Å². The van der Waals surface area contributed by atoms with E-state index in [4.69, 9.17) is 9.47 Å². The fourth-order valence-electron chi connectivity index (χ4n) is 3.88. The van der Waals surface area contributed by atoms with Crippen LogP contribution in [0.15, 0.2) is 12.2 Å². The summed E-state index contributed by atoms with van der Waals surface area (Å²) >= 11 is 0. The van der Waals surface area contributed by atoms with Gasteiger partial charge in [0.05, 0.1) is 24.9 Å². The lowest BCUT2D eigenvalue weighted by Crippen LogP contribution is -2.37. The molecule has 3 aliphatic rings. The Morgan fingerprint density at radius 3 is 3.14 bits per heavy atom. The molecule has 3 rings (SSSR count). The predicted molar refractivity (Wildman–Crippen MR) is 84.9 cm³/mol. The van der Waals surface area contributed by atoms with E-state index in [1.807, 2.05) is 0 Å². The van der Waals surface area contributed by atoms with Gasteiger partial charge >= 0.3 is 0 Å². The maximum absolute atomic E-state index is 6.41. The first kappa shape index (κ1) is 15.1. The van der Waals surface area contributed by atoms with Crippen LogP contribution in [-0.2, 0) is 9.47 Å². The minimum Gasteiger partial charge on any atom is -0.376 e. The molecule has 1 heterocycles. The molecular formula is C19H28O2. The zero-order chi connectivity index (χ0) is 14.5. The Hall–Kier alpha value is -0.780. The van der Waals surface area contributed by atoms with Gasteiger partial charge in [0, 0.05) is 18.8 Å². The van der Waals surface area contributed by atoms with Crippen molar-refractivity contribution in [1.82, 2.24) is 0 Å². The summed E-state index contributed by atoms with van der Waals surface area (Å²) in [4.78, 5) is 0. The van der Waals surface area contributed by atoms with E-state index in [2.05, 4.69) is 30.9 Å². The van der Waals surface area contributed by atoms with E-state index < -0.39 is 0 Å². The fourth-order valence-corrected chi connectivity index (χ4v) is 3.88. The average Bonchev–Trinajstić information content (AvgIpc) is 2.89. The lowest BCUT2D eigenvalue weighted by Gasteiger charge is -2.35. The van der Waals surface area contributed by atoms with E-state index in [1.54, 1.807) is 0 Å². The number of allylic oxidation sites excluding steroid dienone is 2.